The van der Waals surface area contributed by atoms with E-state index in [9.17, 15) is 5.11 Å². The van der Waals surface area contributed by atoms with E-state index in [1.807, 2.05) is 31.2 Å². The monoisotopic (exact) mass is 182 g/mol. The predicted molar refractivity (Wildman–Crippen MR) is 54.6 cm³/mol. The van der Waals surface area contributed by atoms with Gasteiger partial charge >= 0.3 is 0 Å². The van der Waals surface area contributed by atoms with Crippen LogP contribution in [-0.2, 0) is 0 Å². The molecule has 1 rings (SSSR count). The summed E-state index contributed by atoms with van der Waals surface area (Å²) >= 11 is 4.08. The summed E-state index contributed by atoms with van der Waals surface area (Å²) in [6.45, 7) is 2.02. The molecule has 0 spiro atoms. The average molecular weight is 182 g/mol. The largest absolute Gasteiger partial charge is 0.388 e. The summed E-state index contributed by atoms with van der Waals surface area (Å²) < 4.78 is 0. The van der Waals surface area contributed by atoms with Crippen molar-refractivity contribution in [3.8, 4) is 0 Å². The zero-order chi connectivity index (χ0) is 8.97. The lowest BCUT2D eigenvalue weighted by Gasteiger charge is -2.09. The fourth-order valence-corrected chi connectivity index (χ4v) is 1.41. The molecular weight excluding hydrogens is 168 g/mol. The highest BCUT2D eigenvalue weighted by Crippen LogP contribution is 2.17. The van der Waals surface area contributed by atoms with E-state index in [1.54, 1.807) is 0 Å². The maximum Gasteiger partial charge on any atom is 0.0797 e. The van der Waals surface area contributed by atoms with Crippen molar-refractivity contribution in [2.24, 2.45) is 0 Å². The Balaban J connectivity index is 2.73. The third-order valence-corrected chi connectivity index (χ3v) is 2.09. The standard InChI is InChI=1S/C10H14OS/c1-8-3-2-4-9(7-8)10(11)5-6-12/h2-4,7,10-12H,5-6H2,1H3. The molecule has 1 unspecified atom stereocenters. The number of hydrogen-bond donors (Lipinski definition) is 2. The van der Waals surface area contributed by atoms with E-state index in [-0.39, 0.29) is 6.10 Å². The molecule has 1 aromatic rings. The Morgan fingerprint density at radius 3 is 2.83 bits per heavy atom. The fraction of sp³-hybridized carbons (Fsp3) is 0.400. The van der Waals surface area contributed by atoms with Crippen LogP contribution in [0.3, 0.4) is 0 Å². The Morgan fingerprint density at radius 2 is 2.25 bits per heavy atom. The zero-order valence-electron chi connectivity index (χ0n) is 7.20. The molecule has 1 N–H and O–H groups in total. The van der Waals surface area contributed by atoms with Gasteiger partial charge in [-0.05, 0) is 24.7 Å². The number of aryl methyl sites for hydroxylation is 1. The summed E-state index contributed by atoms with van der Waals surface area (Å²) in [4.78, 5) is 0. The second kappa shape index (κ2) is 4.53. The van der Waals surface area contributed by atoms with Crippen molar-refractivity contribution in [3.63, 3.8) is 0 Å². The molecule has 0 aliphatic carbocycles. The van der Waals surface area contributed by atoms with Gasteiger partial charge in [-0.25, -0.2) is 0 Å². The first-order valence-corrected chi connectivity index (χ1v) is 4.73. The number of rotatable bonds is 3. The van der Waals surface area contributed by atoms with Crippen LogP contribution in [0.25, 0.3) is 0 Å². The van der Waals surface area contributed by atoms with Gasteiger partial charge in [0.1, 0.15) is 0 Å². The van der Waals surface area contributed by atoms with Gasteiger partial charge in [-0.15, -0.1) is 0 Å². The first-order chi connectivity index (χ1) is 5.74. The Hall–Kier alpha value is -0.470. The maximum absolute atomic E-state index is 9.60. The molecule has 0 saturated heterocycles. The van der Waals surface area contributed by atoms with Gasteiger partial charge < -0.3 is 5.11 Å². The Kier molecular flexibility index (Phi) is 3.63. The highest BCUT2D eigenvalue weighted by atomic mass is 32.1. The summed E-state index contributed by atoms with van der Waals surface area (Å²) in [7, 11) is 0. The molecule has 0 aliphatic heterocycles. The SMILES string of the molecule is Cc1cccc(C(O)CCS)c1. The molecule has 0 heterocycles. The van der Waals surface area contributed by atoms with Crippen LogP contribution in [0.2, 0.25) is 0 Å². The summed E-state index contributed by atoms with van der Waals surface area (Å²) in [5.41, 5.74) is 2.18. The van der Waals surface area contributed by atoms with Gasteiger partial charge in [0.15, 0.2) is 0 Å². The van der Waals surface area contributed by atoms with Crippen molar-refractivity contribution in [3.05, 3.63) is 35.4 Å². The number of benzene rings is 1. The minimum atomic E-state index is -0.359. The zero-order valence-corrected chi connectivity index (χ0v) is 8.09. The molecular formula is C10H14OS. The molecule has 0 radical (unpaired) electrons. The summed E-state index contributed by atoms with van der Waals surface area (Å²) in [5.74, 6) is 0.717. The van der Waals surface area contributed by atoms with Crippen molar-refractivity contribution < 1.29 is 5.11 Å². The number of aliphatic hydroxyl groups excluding tert-OH is 1. The fourth-order valence-electron chi connectivity index (χ4n) is 1.17. The molecule has 1 nitrogen and oxygen atoms in total. The lowest BCUT2D eigenvalue weighted by molar-refractivity contribution is 0.175. The molecule has 0 aromatic heterocycles. The predicted octanol–water partition coefficient (Wildman–Crippen LogP) is 2.35. The van der Waals surface area contributed by atoms with Crippen molar-refractivity contribution in [2.75, 3.05) is 5.75 Å². The van der Waals surface area contributed by atoms with Gasteiger partial charge in [0.2, 0.25) is 0 Å². The molecule has 0 saturated carbocycles. The quantitative estimate of drug-likeness (QED) is 0.688. The highest BCUT2D eigenvalue weighted by molar-refractivity contribution is 7.80. The topological polar surface area (TPSA) is 20.2 Å². The van der Waals surface area contributed by atoms with Crippen molar-refractivity contribution in [2.45, 2.75) is 19.4 Å². The van der Waals surface area contributed by atoms with E-state index in [0.717, 1.165) is 11.3 Å². The molecule has 1 aromatic carbocycles. The van der Waals surface area contributed by atoms with Crippen LogP contribution >= 0.6 is 12.6 Å². The van der Waals surface area contributed by atoms with E-state index in [0.29, 0.717) is 6.42 Å². The van der Waals surface area contributed by atoms with Gasteiger partial charge in [0.25, 0.3) is 0 Å². The van der Waals surface area contributed by atoms with E-state index in [2.05, 4.69) is 12.6 Å². The van der Waals surface area contributed by atoms with Crippen molar-refractivity contribution in [1.82, 2.24) is 0 Å². The highest BCUT2D eigenvalue weighted by Gasteiger charge is 2.04. The number of thiol groups is 1. The maximum atomic E-state index is 9.60. The lowest BCUT2D eigenvalue weighted by Crippen LogP contribution is -1.97. The van der Waals surface area contributed by atoms with E-state index >= 15 is 0 Å². The Labute approximate surface area is 78.8 Å². The van der Waals surface area contributed by atoms with Crippen LogP contribution in [0.1, 0.15) is 23.7 Å². The van der Waals surface area contributed by atoms with Gasteiger partial charge in [-0.2, -0.15) is 12.6 Å². The second-order valence-electron chi connectivity index (χ2n) is 2.94. The summed E-state index contributed by atoms with van der Waals surface area (Å²) in [5, 5.41) is 9.60. The first kappa shape index (κ1) is 9.62. The normalized spacial score (nSPS) is 12.9. The molecule has 0 fully saturated rings. The minimum Gasteiger partial charge on any atom is -0.388 e. The van der Waals surface area contributed by atoms with Crippen molar-refractivity contribution in [1.29, 1.82) is 0 Å². The molecule has 2 heteroatoms. The van der Waals surface area contributed by atoms with Crippen LogP contribution in [0.4, 0.5) is 0 Å². The van der Waals surface area contributed by atoms with Crippen LogP contribution in [0, 0.1) is 6.92 Å². The Bertz CT molecular complexity index is 247. The smallest absolute Gasteiger partial charge is 0.0797 e. The minimum absolute atomic E-state index is 0.359. The van der Waals surface area contributed by atoms with E-state index in [1.165, 1.54) is 5.56 Å². The van der Waals surface area contributed by atoms with Gasteiger partial charge in [0, 0.05) is 0 Å². The van der Waals surface area contributed by atoms with Gasteiger partial charge in [0.05, 0.1) is 6.10 Å². The van der Waals surface area contributed by atoms with E-state index < -0.39 is 0 Å². The van der Waals surface area contributed by atoms with Crippen LogP contribution < -0.4 is 0 Å². The molecule has 0 amide bonds. The molecule has 66 valence electrons. The first-order valence-electron chi connectivity index (χ1n) is 4.09. The molecule has 1 atom stereocenters. The van der Waals surface area contributed by atoms with Crippen LogP contribution in [0.5, 0.6) is 0 Å². The number of hydrogen-bond acceptors (Lipinski definition) is 2. The molecule has 12 heavy (non-hydrogen) atoms. The van der Waals surface area contributed by atoms with Crippen LogP contribution in [0.15, 0.2) is 24.3 Å². The van der Waals surface area contributed by atoms with Gasteiger partial charge in [-0.1, -0.05) is 29.8 Å². The molecule has 0 aliphatic rings. The summed E-state index contributed by atoms with van der Waals surface area (Å²) in [6, 6.07) is 7.94. The average Bonchev–Trinajstić information content (AvgIpc) is 2.05. The second-order valence-corrected chi connectivity index (χ2v) is 3.39. The van der Waals surface area contributed by atoms with Gasteiger partial charge in [-0.3, -0.25) is 0 Å². The third-order valence-electron chi connectivity index (χ3n) is 1.83. The van der Waals surface area contributed by atoms with E-state index in [4.69, 9.17) is 0 Å². The lowest BCUT2D eigenvalue weighted by atomic mass is 10.1. The summed E-state index contributed by atoms with van der Waals surface area (Å²) in [6.07, 6.45) is 0.356. The number of aliphatic hydroxyl groups is 1. The van der Waals surface area contributed by atoms with Crippen molar-refractivity contribution >= 4 is 12.6 Å². The Morgan fingerprint density at radius 1 is 1.50 bits per heavy atom. The van der Waals surface area contributed by atoms with Crippen LogP contribution in [-0.4, -0.2) is 10.9 Å². The molecule has 0 bridgehead atoms. The third kappa shape index (κ3) is 2.54.